The number of hydrogen-bond donors (Lipinski definition) is 2. The van der Waals surface area contributed by atoms with Gasteiger partial charge in [-0.15, -0.1) is 5.10 Å². The van der Waals surface area contributed by atoms with Gasteiger partial charge in [0.05, 0.1) is 18.0 Å². The summed E-state index contributed by atoms with van der Waals surface area (Å²) in [6.07, 6.45) is 2.84. The molecule has 1 aliphatic heterocycles. The summed E-state index contributed by atoms with van der Waals surface area (Å²) in [6, 6.07) is 4.50. The second kappa shape index (κ2) is 5.16. The largest absolute Gasteiger partial charge is 0.478 e. The van der Waals surface area contributed by atoms with Crippen LogP contribution in [0.2, 0.25) is 0 Å². The fourth-order valence-electron chi connectivity index (χ4n) is 2.15. The fourth-order valence-corrected chi connectivity index (χ4v) is 2.15. The summed E-state index contributed by atoms with van der Waals surface area (Å²) in [6.45, 7) is 0.768. The molecule has 0 spiro atoms. The number of amides is 2. The van der Waals surface area contributed by atoms with Crippen LogP contribution >= 0.6 is 0 Å². The van der Waals surface area contributed by atoms with E-state index in [0.29, 0.717) is 13.1 Å². The Balaban J connectivity index is 1.72. The molecule has 0 unspecified atom stereocenters. The van der Waals surface area contributed by atoms with Crippen molar-refractivity contribution in [2.45, 2.75) is 13.1 Å². The van der Waals surface area contributed by atoms with Crippen molar-refractivity contribution in [3.8, 4) is 0 Å². The van der Waals surface area contributed by atoms with Gasteiger partial charge < -0.3 is 10.0 Å². The zero-order chi connectivity index (χ0) is 14.8. The van der Waals surface area contributed by atoms with Gasteiger partial charge in [-0.1, -0.05) is 6.07 Å². The predicted molar refractivity (Wildman–Crippen MR) is 71.5 cm³/mol. The van der Waals surface area contributed by atoms with Crippen LogP contribution in [-0.2, 0) is 13.1 Å². The minimum atomic E-state index is -0.982. The molecule has 21 heavy (non-hydrogen) atoms. The number of nitrogens with zero attached hydrogens (tertiary/aromatic N) is 4. The van der Waals surface area contributed by atoms with Crippen molar-refractivity contribution < 1.29 is 14.7 Å². The Morgan fingerprint density at radius 3 is 2.71 bits per heavy atom. The van der Waals surface area contributed by atoms with E-state index in [9.17, 15) is 9.59 Å². The van der Waals surface area contributed by atoms with Gasteiger partial charge in [0.25, 0.3) is 5.95 Å². The van der Waals surface area contributed by atoms with Crippen LogP contribution in [0.4, 0.5) is 10.7 Å². The van der Waals surface area contributed by atoms with Crippen molar-refractivity contribution >= 4 is 17.9 Å². The van der Waals surface area contributed by atoms with Crippen molar-refractivity contribution in [2.75, 3.05) is 5.32 Å². The van der Waals surface area contributed by atoms with E-state index >= 15 is 0 Å². The summed E-state index contributed by atoms with van der Waals surface area (Å²) in [5.41, 5.74) is 1.98. The number of carbonyl (C=O) groups is 2. The van der Waals surface area contributed by atoms with Crippen molar-refractivity contribution in [2.24, 2.45) is 0 Å². The van der Waals surface area contributed by atoms with Crippen LogP contribution in [0.25, 0.3) is 0 Å². The number of urea groups is 1. The van der Waals surface area contributed by atoms with Crippen LogP contribution in [0, 0.1) is 0 Å². The molecule has 1 aliphatic rings. The second-order valence-corrected chi connectivity index (χ2v) is 4.54. The van der Waals surface area contributed by atoms with Crippen molar-refractivity contribution in [1.82, 2.24) is 20.1 Å². The van der Waals surface area contributed by atoms with Gasteiger partial charge in [0.15, 0.2) is 0 Å². The highest BCUT2D eigenvalue weighted by Gasteiger charge is 2.24. The number of nitrogens with one attached hydrogen (secondary N) is 1. The molecule has 2 heterocycles. The zero-order valence-corrected chi connectivity index (χ0v) is 10.9. The van der Waals surface area contributed by atoms with Crippen molar-refractivity contribution in [3.63, 3.8) is 0 Å². The summed E-state index contributed by atoms with van der Waals surface area (Å²) >= 11 is 0. The molecule has 0 aliphatic carbocycles. The van der Waals surface area contributed by atoms with Gasteiger partial charge in [-0.2, -0.15) is 5.10 Å². The van der Waals surface area contributed by atoms with Gasteiger partial charge in [-0.05, 0) is 23.3 Å². The van der Waals surface area contributed by atoms with Crippen LogP contribution in [0.15, 0.2) is 30.6 Å². The first-order chi connectivity index (χ1) is 10.1. The summed E-state index contributed by atoms with van der Waals surface area (Å²) in [7, 11) is 0. The second-order valence-electron chi connectivity index (χ2n) is 4.54. The number of carboxylic acids is 1. The van der Waals surface area contributed by atoms with E-state index in [1.165, 1.54) is 18.5 Å². The Hall–Kier alpha value is -3.03. The van der Waals surface area contributed by atoms with E-state index in [4.69, 9.17) is 5.11 Å². The van der Waals surface area contributed by atoms with E-state index in [-0.39, 0.29) is 17.5 Å². The first-order valence-corrected chi connectivity index (χ1v) is 6.18. The first-order valence-electron chi connectivity index (χ1n) is 6.18. The number of rotatable bonds is 2. The highest BCUT2D eigenvalue weighted by Crippen LogP contribution is 2.24. The Bertz CT molecular complexity index is 704. The third-order valence-electron chi connectivity index (χ3n) is 3.16. The molecule has 8 nitrogen and oxygen atoms in total. The molecule has 0 saturated carbocycles. The van der Waals surface area contributed by atoms with Crippen LogP contribution < -0.4 is 5.32 Å². The lowest BCUT2D eigenvalue weighted by Crippen LogP contribution is -2.30. The Labute approximate surface area is 119 Å². The molecule has 0 saturated heterocycles. The smallest absolute Gasteiger partial charge is 0.335 e. The SMILES string of the molecule is O=C(O)c1ccc2c(c1)CN(C(=O)Nc1nccnn1)C2. The summed E-state index contributed by atoms with van der Waals surface area (Å²) in [5, 5.41) is 18.8. The maximum absolute atomic E-state index is 12.1. The van der Waals surface area contributed by atoms with Crippen LogP contribution in [0.3, 0.4) is 0 Å². The van der Waals surface area contributed by atoms with Gasteiger partial charge in [0.2, 0.25) is 0 Å². The van der Waals surface area contributed by atoms with Gasteiger partial charge in [-0.3, -0.25) is 5.32 Å². The van der Waals surface area contributed by atoms with Crippen molar-refractivity contribution in [3.05, 3.63) is 47.3 Å². The molecule has 2 aromatic rings. The number of anilines is 1. The molecule has 106 valence electrons. The number of aromatic carboxylic acids is 1. The third-order valence-corrected chi connectivity index (χ3v) is 3.16. The monoisotopic (exact) mass is 285 g/mol. The topological polar surface area (TPSA) is 108 Å². The predicted octanol–water partition coefficient (Wildman–Crippen LogP) is 1.12. The summed E-state index contributed by atoms with van der Waals surface area (Å²) < 4.78 is 0. The van der Waals surface area contributed by atoms with E-state index in [0.717, 1.165) is 11.1 Å². The molecule has 3 rings (SSSR count). The minimum absolute atomic E-state index is 0.129. The number of benzene rings is 1. The van der Waals surface area contributed by atoms with Gasteiger partial charge in [0.1, 0.15) is 0 Å². The number of hydrogen-bond acceptors (Lipinski definition) is 5. The van der Waals surface area contributed by atoms with Gasteiger partial charge in [-0.25, -0.2) is 14.6 Å². The van der Waals surface area contributed by atoms with Crippen LogP contribution in [0.5, 0.6) is 0 Å². The average Bonchev–Trinajstić information content (AvgIpc) is 2.91. The molecular weight excluding hydrogens is 274 g/mol. The molecule has 1 aromatic heterocycles. The third kappa shape index (κ3) is 2.64. The Morgan fingerprint density at radius 2 is 2.00 bits per heavy atom. The number of fused-ring (bicyclic) bond motifs is 1. The van der Waals surface area contributed by atoms with E-state index in [1.54, 1.807) is 17.0 Å². The highest BCUT2D eigenvalue weighted by molar-refractivity contribution is 5.89. The first kappa shape index (κ1) is 13.0. The maximum atomic E-state index is 12.1. The van der Waals surface area contributed by atoms with E-state index in [1.807, 2.05) is 0 Å². The average molecular weight is 285 g/mol. The van der Waals surface area contributed by atoms with E-state index < -0.39 is 5.97 Å². The number of aromatic nitrogens is 3. The lowest BCUT2D eigenvalue weighted by molar-refractivity contribution is 0.0696. The fraction of sp³-hybridized carbons (Fsp3) is 0.154. The molecule has 0 atom stereocenters. The van der Waals surface area contributed by atoms with Gasteiger partial charge >= 0.3 is 12.0 Å². The standard InChI is InChI=1S/C13H11N5O3/c19-11(20)8-1-2-9-6-18(7-10(9)5-8)13(21)16-12-14-3-4-15-17-12/h1-5H,6-7H2,(H,19,20)(H,14,16,17,21). The molecule has 1 aromatic carbocycles. The summed E-state index contributed by atoms with van der Waals surface area (Å²) in [5.74, 6) is -0.853. The highest BCUT2D eigenvalue weighted by atomic mass is 16.4. The van der Waals surface area contributed by atoms with E-state index in [2.05, 4.69) is 20.5 Å². The Morgan fingerprint density at radius 1 is 1.19 bits per heavy atom. The molecule has 0 fully saturated rings. The quantitative estimate of drug-likeness (QED) is 0.855. The number of carbonyl (C=O) groups excluding carboxylic acids is 1. The Kier molecular flexibility index (Phi) is 3.19. The van der Waals surface area contributed by atoms with Gasteiger partial charge in [0, 0.05) is 13.1 Å². The lowest BCUT2D eigenvalue weighted by Gasteiger charge is -2.14. The normalized spacial score (nSPS) is 12.9. The molecular formula is C13H11N5O3. The molecule has 2 amide bonds. The van der Waals surface area contributed by atoms with Crippen LogP contribution in [0.1, 0.15) is 21.5 Å². The molecule has 8 heteroatoms. The maximum Gasteiger partial charge on any atom is 0.335 e. The minimum Gasteiger partial charge on any atom is -0.478 e. The number of carboxylic acid groups (broad SMARTS) is 1. The lowest BCUT2D eigenvalue weighted by atomic mass is 10.1. The zero-order valence-electron chi connectivity index (χ0n) is 10.9. The van der Waals surface area contributed by atoms with Crippen molar-refractivity contribution in [1.29, 1.82) is 0 Å². The summed E-state index contributed by atoms with van der Waals surface area (Å²) in [4.78, 5) is 28.4. The molecule has 2 N–H and O–H groups in total. The molecule has 0 bridgehead atoms. The molecule has 0 radical (unpaired) electrons. The van der Waals surface area contributed by atoms with Crippen LogP contribution in [-0.4, -0.2) is 37.2 Å².